The summed E-state index contributed by atoms with van der Waals surface area (Å²) in [6, 6.07) is 8.53. The summed E-state index contributed by atoms with van der Waals surface area (Å²) in [6.07, 6.45) is 1.63. The van der Waals surface area contributed by atoms with Crippen LogP contribution in [0.15, 0.2) is 24.3 Å². The third-order valence-corrected chi connectivity index (χ3v) is 3.41. The number of benzene rings is 1. The lowest BCUT2D eigenvalue weighted by Gasteiger charge is -2.19. The number of carbonyl (C=O) groups is 1. The second-order valence-corrected chi connectivity index (χ2v) is 4.95. The summed E-state index contributed by atoms with van der Waals surface area (Å²) in [7, 11) is 0. The predicted octanol–water partition coefficient (Wildman–Crippen LogP) is 2.77. The van der Waals surface area contributed by atoms with Crippen LogP contribution in [0.4, 0.5) is 5.69 Å². The van der Waals surface area contributed by atoms with Crippen LogP contribution in [-0.2, 0) is 9.53 Å². The molecule has 0 aromatic heterocycles. The molecule has 1 aliphatic rings. The average molecular weight is 247 g/mol. The summed E-state index contributed by atoms with van der Waals surface area (Å²) in [5, 5.41) is 0. The Labute approximate surface area is 109 Å². The van der Waals surface area contributed by atoms with Gasteiger partial charge in [0.15, 0.2) is 0 Å². The van der Waals surface area contributed by atoms with Gasteiger partial charge in [0.1, 0.15) is 0 Å². The van der Waals surface area contributed by atoms with Gasteiger partial charge >= 0.3 is 5.97 Å². The highest BCUT2D eigenvalue weighted by Crippen LogP contribution is 2.26. The molecule has 2 rings (SSSR count). The number of rotatable bonds is 4. The Morgan fingerprint density at radius 3 is 3.06 bits per heavy atom. The Balaban J connectivity index is 1.90. The minimum absolute atomic E-state index is 0.0615. The van der Waals surface area contributed by atoms with Crippen LogP contribution < -0.4 is 4.90 Å². The molecule has 3 nitrogen and oxygen atoms in total. The molecule has 18 heavy (non-hydrogen) atoms. The van der Waals surface area contributed by atoms with Crippen molar-refractivity contribution in [1.29, 1.82) is 0 Å². The summed E-state index contributed by atoms with van der Waals surface area (Å²) in [4.78, 5) is 13.8. The number of aryl methyl sites for hydroxylation is 1. The van der Waals surface area contributed by atoms with Gasteiger partial charge in [-0.3, -0.25) is 4.79 Å². The van der Waals surface area contributed by atoms with E-state index in [1.54, 1.807) is 0 Å². The molecule has 1 fully saturated rings. The molecule has 0 saturated carbocycles. The topological polar surface area (TPSA) is 29.5 Å². The van der Waals surface area contributed by atoms with Gasteiger partial charge in [-0.15, -0.1) is 0 Å². The van der Waals surface area contributed by atoms with Crippen molar-refractivity contribution in [1.82, 2.24) is 0 Å². The Bertz CT molecular complexity index is 417. The van der Waals surface area contributed by atoms with Crippen LogP contribution in [0.1, 0.15) is 25.3 Å². The van der Waals surface area contributed by atoms with E-state index in [1.165, 1.54) is 11.3 Å². The van der Waals surface area contributed by atoms with Crippen molar-refractivity contribution < 1.29 is 9.53 Å². The van der Waals surface area contributed by atoms with Crippen molar-refractivity contribution in [2.45, 2.75) is 26.7 Å². The number of nitrogens with zero attached hydrogens (tertiary/aromatic N) is 1. The maximum atomic E-state index is 11.5. The van der Waals surface area contributed by atoms with Crippen LogP contribution in [0.2, 0.25) is 0 Å². The lowest BCUT2D eigenvalue weighted by atomic mass is 10.1. The van der Waals surface area contributed by atoms with Gasteiger partial charge in [0.05, 0.1) is 13.0 Å². The first-order valence-corrected chi connectivity index (χ1v) is 6.66. The molecular formula is C15H21NO2. The van der Waals surface area contributed by atoms with Gasteiger partial charge in [-0.25, -0.2) is 0 Å². The van der Waals surface area contributed by atoms with Crippen LogP contribution in [0.3, 0.4) is 0 Å². The van der Waals surface area contributed by atoms with E-state index >= 15 is 0 Å². The summed E-state index contributed by atoms with van der Waals surface area (Å²) in [5.41, 5.74) is 2.54. The fourth-order valence-electron chi connectivity index (χ4n) is 2.51. The van der Waals surface area contributed by atoms with Crippen molar-refractivity contribution in [2.24, 2.45) is 5.92 Å². The third kappa shape index (κ3) is 3.25. The Hall–Kier alpha value is -1.51. The standard InChI is InChI=1S/C15H21NO2/c1-3-18-15(17)10-13-7-8-16(11-13)14-6-4-5-12(2)9-14/h4-6,9,13H,3,7-8,10-11H2,1-2H3. The first kappa shape index (κ1) is 12.9. The number of hydrogen-bond acceptors (Lipinski definition) is 3. The lowest BCUT2D eigenvalue weighted by Crippen LogP contribution is -2.20. The highest BCUT2D eigenvalue weighted by atomic mass is 16.5. The zero-order chi connectivity index (χ0) is 13.0. The fraction of sp³-hybridized carbons (Fsp3) is 0.533. The van der Waals surface area contributed by atoms with Gasteiger partial charge in [0.2, 0.25) is 0 Å². The van der Waals surface area contributed by atoms with Gasteiger partial charge in [0.25, 0.3) is 0 Å². The molecule has 0 radical (unpaired) electrons. The van der Waals surface area contributed by atoms with Crippen LogP contribution in [0.5, 0.6) is 0 Å². The molecule has 0 spiro atoms. The van der Waals surface area contributed by atoms with Gasteiger partial charge < -0.3 is 9.64 Å². The van der Waals surface area contributed by atoms with E-state index in [4.69, 9.17) is 4.74 Å². The molecule has 1 heterocycles. The molecule has 1 aromatic carbocycles. The molecule has 1 atom stereocenters. The molecule has 0 N–H and O–H groups in total. The lowest BCUT2D eigenvalue weighted by molar-refractivity contribution is -0.144. The minimum atomic E-state index is -0.0615. The van der Waals surface area contributed by atoms with Crippen LogP contribution in [0.25, 0.3) is 0 Å². The Morgan fingerprint density at radius 1 is 1.50 bits per heavy atom. The molecule has 98 valence electrons. The zero-order valence-corrected chi connectivity index (χ0v) is 11.2. The third-order valence-electron chi connectivity index (χ3n) is 3.41. The van der Waals surface area contributed by atoms with E-state index < -0.39 is 0 Å². The quantitative estimate of drug-likeness (QED) is 0.766. The summed E-state index contributed by atoms with van der Waals surface area (Å²) >= 11 is 0. The van der Waals surface area contributed by atoms with Crippen molar-refractivity contribution in [2.75, 3.05) is 24.6 Å². The van der Waals surface area contributed by atoms with Crippen LogP contribution in [-0.4, -0.2) is 25.7 Å². The molecule has 1 aliphatic heterocycles. The molecule has 0 amide bonds. The predicted molar refractivity (Wildman–Crippen MR) is 72.7 cm³/mol. The Kier molecular flexibility index (Phi) is 4.24. The van der Waals surface area contributed by atoms with Gasteiger partial charge in [-0.1, -0.05) is 12.1 Å². The highest BCUT2D eigenvalue weighted by Gasteiger charge is 2.25. The molecule has 0 bridgehead atoms. The number of carbonyl (C=O) groups excluding carboxylic acids is 1. The van der Waals surface area contributed by atoms with Gasteiger partial charge in [0, 0.05) is 18.8 Å². The molecule has 1 aromatic rings. The van der Waals surface area contributed by atoms with Gasteiger partial charge in [-0.05, 0) is 43.9 Å². The maximum Gasteiger partial charge on any atom is 0.306 e. The van der Waals surface area contributed by atoms with E-state index in [0.29, 0.717) is 18.9 Å². The van der Waals surface area contributed by atoms with Crippen LogP contribution in [0, 0.1) is 12.8 Å². The van der Waals surface area contributed by atoms with Crippen molar-refractivity contribution in [3.63, 3.8) is 0 Å². The van der Waals surface area contributed by atoms with E-state index in [2.05, 4.69) is 36.1 Å². The normalized spacial score (nSPS) is 19.0. The number of hydrogen-bond donors (Lipinski definition) is 0. The fourth-order valence-corrected chi connectivity index (χ4v) is 2.51. The minimum Gasteiger partial charge on any atom is -0.466 e. The molecular weight excluding hydrogens is 226 g/mol. The largest absolute Gasteiger partial charge is 0.466 e. The molecule has 1 saturated heterocycles. The second kappa shape index (κ2) is 5.89. The van der Waals surface area contributed by atoms with Crippen molar-refractivity contribution >= 4 is 11.7 Å². The zero-order valence-electron chi connectivity index (χ0n) is 11.2. The molecule has 1 unspecified atom stereocenters. The number of esters is 1. The van der Waals surface area contributed by atoms with E-state index in [-0.39, 0.29) is 5.97 Å². The SMILES string of the molecule is CCOC(=O)CC1CCN(c2cccc(C)c2)C1. The smallest absolute Gasteiger partial charge is 0.306 e. The monoisotopic (exact) mass is 247 g/mol. The Morgan fingerprint density at radius 2 is 2.33 bits per heavy atom. The maximum absolute atomic E-state index is 11.5. The second-order valence-electron chi connectivity index (χ2n) is 4.95. The van der Waals surface area contributed by atoms with E-state index in [0.717, 1.165) is 19.5 Å². The highest BCUT2D eigenvalue weighted by molar-refractivity contribution is 5.70. The van der Waals surface area contributed by atoms with Gasteiger partial charge in [-0.2, -0.15) is 0 Å². The summed E-state index contributed by atoms with van der Waals surface area (Å²) < 4.78 is 5.01. The van der Waals surface area contributed by atoms with Crippen molar-refractivity contribution in [3.05, 3.63) is 29.8 Å². The first-order chi connectivity index (χ1) is 8.69. The number of ether oxygens (including phenoxy) is 1. The van der Waals surface area contributed by atoms with Crippen LogP contribution >= 0.6 is 0 Å². The summed E-state index contributed by atoms with van der Waals surface area (Å²) in [5.74, 6) is 0.373. The van der Waals surface area contributed by atoms with E-state index in [9.17, 15) is 4.79 Å². The number of anilines is 1. The molecule has 0 aliphatic carbocycles. The average Bonchev–Trinajstić information content (AvgIpc) is 2.78. The van der Waals surface area contributed by atoms with E-state index in [1.807, 2.05) is 6.92 Å². The van der Waals surface area contributed by atoms with Crippen molar-refractivity contribution in [3.8, 4) is 0 Å². The first-order valence-electron chi connectivity index (χ1n) is 6.66. The molecule has 3 heteroatoms. The summed E-state index contributed by atoms with van der Waals surface area (Å²) in [6.45, 7) is 6.43.